The summed E-state index contributed by atoms with van der Waals surface area (Å²) in [5.74, 6) is 0.885. The summed E-state index contributed by atoms with van der Waals surface area (Å²) < 4.78 is 11.7. The summed E-state index contributed by atoms with van der Waals surface area (Å²) >= 11 is 0. The Kier molecular flexibility index (Phi) is 2.71. The summed E-state index contributed by atoms with van der Waals surface area (Å²) in [4.78, 5) is 27.3. The monoisotopic (exact) mass is 272 g/mol. The third-order valence-corrected chi connectivity index (χ3v) is 3.20. The number of benzene rings is 1. The maximum absolute atomic E-state index is 12.5. The number of nitrogens with one attached hydrogen (secondary N) is 1. The molecule has 0 saturated heterocycles. The van der Waals surface area contributed by atoms with Crippen molar-refractivity contribution in [3.05, 3.63) is 51.2 Å². The number of hydrogen-bond donors (Lipinski definition) is 1. The summed E-state index contributed by atoms with van der Waals surface area (Å²) in [6, 6.07) is 6.38. The zero-order valence-electron chi connectivity index (χ0n) is 11.0. The zero-order valence-corrected chi connectivity index (χ0v) is 11.0. The maximum Gasteiger partial charge on any atom is 0.272 e. The Bertz CT molecular complexity index is 924. The van der Waals surface area contributed by atoms with Crippen LogP contribution in [0, 0.1) is 0 Å². The molecule has 0 radical (unpaired) electrons. The van der Waals surface area contributed by atoms with Crippen molar-refractivity contribution in [2.45, 2.75) is 0 Å². The van der Waals surface area contributed by atoms with Gasteiger partial charge in [-0.3, -0.25) is 14.0 Å². The van der Waals surface area contributed by atoms with Crippen LogP contribution >= 0.6 is 0 Å². The van der Waals surface area contributed by atoms with Crippen LogP contribution < -0.4 is 20.6 Å². The molecule has 1 aromatic carbocycles. The number of hydrogen-bond acceptors (Lipinski definition) is 4. The van der Waals surface area contributed by atoms with Gasteiger partial charge in [-0.1, -0.05) is 0 Å². The van der Waals surface area contributed by atoms with Gasteiger partial charge in [-0.15, -0.1) is 0 Å². The molecule has 0 bridgehead atoms. The van der Waals surface area contributed by atoms with Crippen LogP contribution in [-0.4, -0.2) is 23.6 Å². The Morgan fingerprint density at radius 1 is 1.10 bits per heavy atom. The highest BCUT2D eigenvalue weighted by molar-refractivity contribution is 5.82. The molecule has 0 spiro atoms. The highest BCUT2D eigenvalue weighted by Crippen LogP contribution is 2.29. The fourth-order valence-electron chi connectivity index (χ4n) is 2.22. The van der Waals surface area contributed by atoms with Crippen molar-refractivity contribution in [3.8, 4) is 11.5 Å². The van der Waals surface area contributed by atoms with E-state index in [9.17, 15) is 9.59 Å². The average Bonchev–Trinajstić information content (AvgIpc) is 2.92. The van der Waals surface area contributed by atoms with E-state index in [2.05, 4.69) is 4.98 Å². The van der Waals surface area contributed by atoms with E-state index in [4.69, 9.17) is 9.47 Å². The van der Waals surface area contributed by atoms with Gasteiger partial charge in [0.1, 0.15) is 5.52 Å². The molecule has 0 fully saturated rings. The third kappa shape index (κ3) is 1.65. The molecule has 0 aliphatic heterocycles. The zero-order chi connectivity index (χ0) is 14.3. The lowest BCUT2D eigenvalue weighted by Crippen LogP contribution is -2.11. The molecule has 0 atom stereocenters. The molecule has 2 aromatic heterocycles. The molecule has 6 nitrogen and oxygen atoms in total. The summed E-state index contributed by atoms with van der Waals surface area (Å²) in [5.41, 5.74) is 0.0686. The van der Waals surface area contributed by atoms with E-state index in [1.165, 1.54) is 18.6 Å². The normalized spacial score (nSPS) is 10.9. The maximum atomic E-state index is 12.5. The van der Waals surface area contributed by atoms with Gasteiger partial charge >= 0.3 is 0 Å². The first kappa shape index (κ1) is 12.3. The van der Waals surface area contributed by atoms with E-state index in [0.717, 1.165) is 0 Å². The second-order valence-corrected chi connectivity index (χ2v) is 4.28. The molecule has 102 valence electrons. The van der Waals surface area contributed by atoms with Crippen LogP contribution in [0.1, 0.15) is 0 Å². The minimum Gasteiger partial charge on any atom is -0.493 e. The molecule has 3 rings (SSSR count). The van der Waals surface area contributed by atoms with E-state index in [-0.39, 0.29) is 11.1 Å². The number of aromatic nitrogens is 2. The van der Waals surface area contributed by atoms with Gasteiger partial charge in [-0.25, -0.2) is 0 Å². The Morgan fingerprint density at radius 2 is 1.80 bits per heavy atom. The molecule has 0 aliphatic rings. The van der Waals surface area contributed by atoms with E-state index >= 15 is 0 Å². The molecule has 20 heavy (non-hydrogen) atoms. The summed E-state index contributed by atoms with van der Waals surface area (Å²) in [7, 11) is 2.99. The number of nitrogens with zero attached hydrogens (tertiary/aromatic N) is 1. The van der Waals surface area contributed by atoms with Crippen molar-refractivity contribution in [3.63, 3.8) is 0 Å². The number of methoxy groups -OCH3 is 2. The lowest BCUT2D eigenvalue weighted by Gasteiger charge is -2.07. The molecule has 6 heteroatoms. The van der Waals surface area contributed by atoms with Crippen LogP contribution in [0.2, 0.25) is 0 Å². The number of ether oxygens (including phenoxy) is 2. The molecule has 0 amide bonds. The molecule has 0 aliphatic carbocycles. The van der Waals surface area contributed by atoms with Crippen molar-refractivity contribution >= 4 is 16.4 Å². The third-order valence-electron chi connectivity index (χ3n) is 3.20. The second kappa shape index (κ2) is 4.41. The Morgan fingerprint density at radius 3 is 2.50 bits per heavy atom. The van der Waals surface area contributed by atoms with Gasteiger partial charge in [0.25, 0.3) is 11.1 Å². The van der Waals surface area contributed by atoms with Gasteiger partial charge in [-0.2, -0.15) is 0 Å². The summed E-state index contributed by atoms with van der Waals surface area (Å²) in [5, 5.41) is 0.353. The Balaban J connectivity index is 2.60. The highest BCUT2D eigenvalue weighted by atomic mass is 16.5. The fourth-order valence-corrected chi connectivity index (χ4v) is 2.22. The van der Waals surface area contributed by atoms with E-state index < -0.39 is 0 Å². The molecule has 0 unspecified atom stereocenters. The van der Waals surface area contributed by atoms with Crippen LogP contribution in [0.4, 0.5) is 0 Å². The average molecular weight is 272 g/mol. The second-order valence-electron chi connectivity index (χ2n) is 4.28. The molecular weight excluding hydrogens is 260 g/mol. The van der Waals surface area contributed by atoms with Gasteiger partial charge in [0.2, 0.25) is 0 Å². The van der Waals surface area contributed by atoms with E-state index in [1.807, 2.05) is 0 Å². The van der Waals surface area contributed by atoms with Gasteiger partial charge in [-0.05, 0) is 18.2 Å². The number of rotatable bonds is 2. The van der Waals surface area contributed by atoms with Gasteiger partial charge < -0.3 is 14.5 Å². The minimum absolute atomic E-state index is 0.292. The number of fused-ring (bicyclic) bond motifs is 2. The predicted octanol–water partition coefficient (Wildman–Crippen LogP) is 1.16. The number of aromatic amines is 1. The first-order valence-corrected chi connectivity index (χ1v) is 5.95. The van der Waals surface area contributed by atoms with Gasteiger partial charge in [0.15, 0.2) is 11.5 Å². The summed E-state index contributed by atoms with van der Waals surface area (Å²) in [6.45, 7) is 0. The van der Waals surface area contributed by atoms with Gasteiger partial charge in [0.05, 0.1) is 25.1 Å². The fraction of sp³-hybridized carbons (Fsp3) is 0.143. The van der Waals surface area contributed by atoms with Crippen LogP contribution in [0.25, 0.3) is 16.4 Å². The Labute approximate surface area is 113 Å². The van der Waals surface area contributed by atoms with Crippen LogP contribution in [0.15, 0.2) is 40.1 Å². The first-order valence-electron chi connectivity index (χ1n) is 5.95. The minimum atomic E-state index is -0.339. The predicted molar refractivity (Wildman–Crippen MR) is 74.9 cm³/mol. The van der Waals surface area contributed by atoms with Gasteiger partial charge in [0, 0.05) is 12.3 Å². The SMILES string of the molecule is COc1cc2[nH]c(=O)c3cccn3c(=O)c2cc1OC. The van der Waals surface area contributed by atoms with Crippen LogP contribution in [0.5, 0.6) is 11.5 Å². The largest absolute Gasteiger partial charge is 0.493 e. The molecule has 1 N–H and O–H groups in total. The van der Waals surface area contributed by atoms with Crippen molar-refractivity contribution in [1.82, 2.24) is 9.38 Å². The van der Waals surface area contributed by atoms with E-state index in [0.29, 0.717) is 27.9 Å². The summed E-state index contributed by atoms with van der Waals surface area (Å²) in [6.07, 6.45) is 1.56. The smallest absolute Gasteiger partial charge is 0.272 e. The topological polar surface area (TPSA) is 72.8 Å². The first-order chi connectivity index (χ1) is 9.65. The molecular formula is C14H12N2O4. The Hall–Kier alpha value is -2.76. The molecule has 2 heterocycles. The number of H-pyrrole nitrogens is 1. The van der Waals surface area contributed by atoms with Crippen LogP contribution in [0.3, 0.4) is 0 Å². The van der Waals surface area contributed by atoms with Crippen LogP contribution in [-0.2, 0) is 0 Å². The van der Waals surface area contributed by atoms with Crippen molar-refractivity contribution in [2.24, 2.45) is 0 Å². The van der Waals surface area contributed by atoms with E-state index in [1.54, 1.807) is 30.5 Å². The molecule has 3 aromatic rings. The lowest BCUT2D eigenvalue weighted by atomic mass is 10.2. The lowest BCUT2D eigenvalue weighted by molar-refractivity contribution is 0.356. The quantitative estimate of drug-likeness (QED) is 0.759. The highest BCUT2D eigenvalue weighted by Gasteiger charge is 2.10. The van der Waals surface area contributed by atoms with Crippen molar-refractivity contribution in [1.29, 1.82) is 0 Å². The standard InChI is InChI=1S/C14H12N2O4/c1-19-11-6-8-9(7-12(11)20-2)15-13(17)10-4-3-5-16(10)14(8)18/h3-7H,1-2H3,(H,15,17). The van der Waals surface area contributed by atoms with Crippen molar-refractivity contribution < 1.29 is 9.47 Å². The molecule has 0 saturated carbocycles. The van der Waals surface area contributed by atoms with Crippen molar-refractivity contribution in [2.75, 3.05) is 14.2 Å².